The lowest BCUT2D eigenvalue weighted by atomic mass is 9.82. The summed E-state index contributed by atoms with van der Waals surface area (Å²) < 4.78 is 15.0. The first-order valence-electron chi connectivity index (χ1n) is 9.88. The summed E-state index contributed by atoms with van der Waals surface area (Å²) in [4.78, 5) is 4.14. The first-order chi connectivity index (χ1) is 12.6. The molecule has 1 fully saturated rings. The largest absolute Gasteiger partial charge is 0.349 e. The smallest absolute Gasteiger partial charge is 0.170 e. The molecule has 0 N–H and O–H groups in total. The average Bonchev–Trinajstić information content (AvgIpc) is 3.21. The van der Waals surface area contributed by atoms with Crippen LogP contribution in [0.5, 0.6) is 0 Å². The standard InChI is InChI=1S/C22H32N2O2/c1-4-21(5-2)16-25-22(26-17-21,12-14-24-15-13-23-18-24)11-10-20-8-6-19(3)7-9-20/h6-9,13,15,18H,4-5,10-12,14,16-17H2,1-3H3. The van der Waals surface area contributed by atoms with Gasteiger partial charge in [-0.2, -0.15) is 0 Å². The molecule has 1 aliphatic heterocycles. The zero-order chi connectivity index (χ0) is 18.5. The SMILES string of the molecule is CCC1(CC)COC(CCc2ccc(C)cc2)(CCn2ccnc2)OC1. The summed E-state index contributed by atoms with van der Waals surface area (Å²) in [5, 5.41) is 0. The van der Waals surface area contributed by atoms with Crippen molar-refractivity contribution in [2.45, 2.75) is 65.2 Å². The number of hydrogen-bond acceptors (Lipinski definition) is 3. The number of nitrogens with zero attached hydrogens (tertiary/aromatic N) is 2. The molecule has 2 heterocycles. The van der Waals surface area contributed by atoms with Crippen LogP contribution in [0.15, 0.2) is 43.0 Å². The van der Waals surface area contributed by atoms with Gasteiger partial charge in [-0.05, 0) is 31.7 Å². The zero-order valence-corrected chi connectivity index (χ0v) is 16.4. The van der Waals surface area contributed by atoms with Crippen molar-refractivity contribution in [3.8, 4) is 0 Å². The molecular weight excluding hydrogens is 324 g/mol. The third-order valence-corrected chi connectivity index (χ3v) is 6.01. The highest BCUT2D eigenvalue weighted by molar-refractivity contribution is 5.21. The van der Waals surface area contributed by atoms with Gasteiger partial charge < -0.3 is 14.0 Å². The van der Waals surface area contributed by atoms with Gasteiger partial charge in [-0.1, -0.05) is 43.7 Å². The molecule has 0 bridgehead atoms. The molecule has 0 radical (unpaired) electrons. The van der Waals surface area contributed by atoms with Crippen LogP contribution in [-0.2, 0) is 22.4 Å². The lowest BCUT2D eigenvalue weighted by Crippen LogP contribution is -2.50. The van der Waals surface area contributed by atoms with Crippen molar-refractivity contribution in [3.63, 3.8) is 0 Å². The van der Waals surface area contributed by atoms with Gasteiger partial charge >= 0.3 is 0 Å². The molecule has 0 saturated carbocycles. The molecule has 0 spiro atoms. The molecule has 0 atom stereocenters. The third-order valence-electron chi connectivity index (χ3n) is 6.01. The minimum Gasteiger partial charge on any atom is -0.349 e. The van der Waals surface area contributed by atoms with E-state index in [9.17, 15) is 0 Å². The van der Waals surface area contributed by atoms with E-state index in [-0.39, 0.29) is 5.41 Å². The first-order valence-corrected chi connectivity index (χ1v) is 9.88. The fourth-order valence-electron chi connectivity index (χ4n) is 3.53. The number of aryl methyl sites for hydroxylation is 3. The Morgan fingerprint density at radius 1 is 1.04 bits per heavy atom. The fraction of sp³-hybridized carbons (Fsp3) is 0.591. The van der Waals surface area contributed by atoms with Crippen molar-refractivity contribution in [3.05, 3.63) is 54.1 Å². The normalized spacial score (nSPS) is 18.7. The van der Waals surface area contributed by atoms with Gasteiger partial charge in [0.25, 0.3) is 0 Å². The predicted octanol–water partition coefficient (Wildman–Crippen LogP) is 4.76. The first kappa shape index (κ1) is 19.1. The maximum Gasteiger partial charge on any atom is 0.170 e. The molecule has 4 nitrogen and oxygen atoms in total. The summed E-state index contributed by atoms with van der Waals surface area (Å²) in [6, 6.07) is 8.78. The van der Waals surface area contributed by atoms with E-state index in [1.807, 2.05) is 18.7 Å². The van der Waals surface area contributed by atoms with Gasteiger partial charge in [-0.3, -0.25) is 0 Å². The maximum atomic E-state index is 6.45. The van der Waals surface area contributed by atoms with E-state index in [1.54, 1.807) is 0 Å². The Labute approximate surface area is 157 Å². The molecule has 1 aromatic carbocycles. The van der Waals surface area contributed by atoms with E-state index in [0.717, 1.165) is 51.9 Å². The van der Waals surface area contributed by atoms with Crippen LogP contribution in [0, 0.1) is 12.3 Å². The van der Waals surface area contributed by atoms with Crippen LogP contribution in [0.4, 0.5) is 0 Å². The molecule has 0 unspecified atom stereocenters. The van der Waals surface area contributed by atoms with Crippen LogP contribution in [0.3, 0.4) is 0 Å². The summed E-state index contributed by atoms with van der Waals surface area (Å²) in [6.07, 6.45) is 10.6. The molecular formula is C22H32N2O2. The minimum atomic E-state index is -0.497. The predicted molar refractivity (Wildman–Crippen MR) is 104 cm³/mol. The summed E-state index contributed by atoms with van der Waals surface area (Å²) in [5.74, 6) is -0.497. The van der Waals surface area contributed by atoms with Crippen LogP contribution in [0.2, 0.25) is 0 Å². The summed E-state index contributed by atoms with van der Waals surface area (Å²) in [6.45, 7) is 9.04. The van der Waals surface area contributed by atoms with Crippen LogP contribution in [0.1, 0.15) is 50.7 Å². The quantitative estimate of drug-likeness (QED) is 0.684. The monoisotopic (exact) mass is 356 g/mol. The number of hydrogen-bond donors (Lipinski definition) is 0. The zero-order valence-electron chi connectivity index (χ0n) is 16.4. The number of ether oxygens (including phenoxy) is 2. The molecule has 3 rings (SSSR count). The molecule has 142 valence electrons. The summed E-state index contributed by atoms with van der Waals surface area (Å²) in [5.41, 5.74) is 2.81. The van der Waals surface area contributed by atoms with Crippen LogP contribution in [-0.4, -0.2) is 28.6 Å². The summed E-state index contributed by atoms with van der Waals surface area (Å²) in [7, 11) is 0. The molecule has 0 aliphatic carbocycles. The topological polar surface area (TPSA) is 36.3 Å². The van der Waals surface area contributed by atoms with Gasteiger partial charge in [0.15, 0.2) is 5.79 Å². The van der Waals surface area contributed by atoms with Crippen molar-refractivity contribution >= 4 is 0 Å². The highest BCUT2D eigenvalue weighted by Gasteiger charge is 2.42. The lowest BCUT2D eigenvalue weighted by Gasteiger charge is -2.46. The molecule has 1 aliphatic rings. The van der Waals surface area contributed by atoms with Gasteiger partial charge in [-0.25, -0.2) is 4.98 Å². The second kappa shape index (κ2) is 8.36. The van der Waals surface area contributed by atoms with E-state index in [1.165, 1.54) is 11.1 Å². The van der Waals surface area contributed by atoms with E-state index in [4.69, 9.17) is 9.47 Å². The van der Waals surface area contributed by atoms with E-state index < -0.39 is 5.79 Å². The van der Waals surface area contributed by atoms with Gasteiger partial charge in [-0.15, -0.1) is 0 Å². The van der Waals surface area contributed by atoms with Crippen molar-refractivity contribution < 1.29 is 9.47 Å². The number of benzene rings is 1. The van der Waals surface area contributed by atoms with Crippen LogP contribution >= 0.6 is 0 Å². The summed E-state index contributed by atoms with van der Waals surface area (Å²) >= 11 is 0. The molecule has 1 aromatic heterocycles. The van der Waals surface area contributed by atoms with E-state index in [0.29, 0.717) is 0 Å². The molecule has 26 heavy (non-hydrogen) atoms. The Bertz CT molecular complexity index is 650. The minimum absolute atomic E-state index is 0.169. The number of rotatable bonds is 8. The van der Waals surface area contributed by atoms with Crippen molar-refractivity contribution in [2.75, 3.05) is 13.2 Å². The lowest BCUT2D eigenvalue weighted by molar-refractivity contribution is -0.311. The van der Waals surface area contributed by atoms with E-state index >= 15 is 0 Å². The fourth-order valence-corrected chi connectivity index (χ4v) is 3.53. The molecule has 1 saturated heterocycles. The van der Waals surface area contributed by atoms with Gasteiger partial charge in [0.2, 0.25) is 0 Å². The Kier molecular flexibility index (Phi) is 6.15. The highest BCUT2D eigenvalue weighted by atomic mass is 16.7. The van der Waals surface area contributed by atoms with Gasteiger partial charge in [0, 0.05) is 37.2 Å². The molecule has 4 heteroatoms. The average molecular weight is 357 g/mol. The van der Waals surface area contributed by atoms with Gasteiger partial charge in [0.1, 0.15) is 0 Å². The second-order valence-electron chi connectivity index (χ2n) is 7.73. The van der Waals surface area contributed by atoms with Crippen molar-refractivity contribution in [2.24, 2.45) is 5.41 Å². The molecule has 2 aromatic rings. The van der Waals surface area contributed by atoms with Gasteiger partial charge in [0.05, 0.1) is 19.5 Å². The van der Waals surface area contributed by atoms with E-state index in [2.05, 4.69) is 54.6 Å². The Morgan fingerprint density at radius 3 is 2.31 bits per heavy atom. The second-order valence-corrected chi connectivity index (χ2v) is 7.73. The van der Waals surface area contributed by atoms with Crippen molar-refractivity contribution in [1.82, 2.24) is 9.55 Å². The molecule has 0 amide bonds. The Balaban J connectivity index is 1.68. The van der Waals surface area contributed by atoms with Crippen LogP contribution < -0.4 is 0 Å². The number of aromatic nitrogens is 2. The van der Waals surface area contributed by atoms with Crippen molar-refractivity contribution in [1.29, 1.82) is 0 Å². The number of imidazole rings is 1. The Morgan fingerprint density at radius 2 is 1.73 bits per heavy atom. The maximum absolute atomic E-state index is 6.45. The highest BCUT2D eigenvalue weighted by Crippen LogP contribution is 2.39. The van der Waals surface area contributed by atoms with Crippen LogP contribution in [0.25, 0.3) is 0 Å². The third kappa shape index (κ3) is 4.54. The Hall–Kier alpha value is -1.65.